The van der Waals surface area contributed by atoms with E-state index in [0.29, 0.717) is 17.8 Å². The summed E-state index contributed by atoms with van der Waals surface area (Å²) in [7, 11) is 0. The molecule has 3 nitrogen and oxygen atoms in total. The lowest BCUT2D eigenvalue weighted by Gasteiger charge is -2.09. The molecule has 0 aliphatic heterocycles. The van der Waals surface area contributed by atoms with Crippen molar-refractivity contribution >= 4 is 40.6 Å². The van der Waals surface area contributed by atoms with Crippen LogP contribution in [0.3, 0.4) is 0 Å². The highest BCUT2D eigenvalue weighted by molar-refractivity contribution is 6.77. The van der Waals surface area contributed by atoms with E-state index in [9.17, 15) is 4.79 Å². The van der Waals surface area contributed by atoms with Gasteiger partial charge in [-0.25, -0.2) is 0 Å². The first-order valence-corrected chi connectivity index (χ1v) is 5.58. The summed E-state index contributed by atoms with van der Waals surface area (Å²) < 4.78 is -0.212. The van der Waals surface area contributed by atoms with Gasteiger partial charge in [-0.15, -0.1) is 0 Å². The van der Waals surface area contributed by atoms with Crippen LogP contribution in [0.15, 0.2) is 0 Å². The third-order valence-corrected chi connectivity index (χ3v) is 2.68. The average molecular weight is 270 g/mol. The third-order valence-electron chi connectivity index (χ3n) is 2.17. The minimum atomic E-state index is -1.92. The molecule has 1 aromatic rings. The second-order valence-electron chi connectivity index (χ2n) is 3.19. The molecule has 0 N–H and O–H groups in total. The fourth-order valence-corrected chi connectivity index (χ4v) is 1.76. The lowest BCUT2D eigenvalue weighted by atomic mass is 10.1. The van der Waals surface area contributed by atoms with Crippen LogP contribution in [0.4, 0.5) is 0 Å². The van der Waals surface area contributed by atoms with Crippen molar-refractivity contribution in [3.05, 3.63) is 17.0 Å². The number of Topliss-reactive ketones (excluding diaryl/α,β-unsaturated/α-hetero) is 1. The maximum absolute atomic E-state index is 11.8. The molecule has 0 fully saturated rings. The fraction of sp³-hybridized carbons (Fsp3) is 0.556. The van der Waals surface area contributed by atoms with Gasteiger partial charge in [-0.05, 0) is 20.8 Å². The molecule has 0 aliphatic carbocycles. The topological polar surface area (TPSA) is 34.9 Å². The Hall–Kier alpha value is -0.250. The van der Waals surface area contributed by atoms with Crippen LogP contribution in [0.2, 0.25) is 0 Å². The monoisotopic (exact) mass is 268 g/mol. The van der Waals surface area contributed by atoms with Crippen molar-refractivity contribution in [3.8, 4) is 0 Å². The van der Waals surface area contributed by atoms with E-state index in [2.05, 4.69) is 5.10 Å². The Kier molecular flexibility index (Phi) is 3.69. The number of alkyl halides is 3. The molecule has 0 atom stereocenters. The fourth-order valence-electron chi connectivity index (χ4n) is 1.48. The summed E-state index contributed by atoms with van der Waals surface area (Å²) >= 11 is 16.7. The molecule has 0 saturated heterocycles. The summed E-state index contributed by atoms with van der Waals surface area (Å²) in [6.45, 7) is 6.12. The van der Waals surface area contributed by atoms with Gasteiger partial charge in [-0.1, -0.05) is 34.8 Å². The molecule has 1 aromatic heterocycles. The van der Waals surface area contributed by atoms with E-state index in [1.807, 2.05) is 6.92 Å². The number of nitrogens with zero attached hydrogens (tertiary/aromatic N) is 2. The van der Waals surface area contributed by atoms with Crippen LogP contribution in [-0.2, 0) is 6.54 Å². The van der Waals surface area contributed by atoms with E-state index >= 15 is 0 Å². The largest absolute Gasteiger partial charge is 0.289 e. The quantitative estimate of drug-likeness (QED) is 0.611. The number of hydrogen-bond donors (Lipinski definition) is 0. The van der Waals surface area contributed by atoms with Crippen molar-refractivity contribution in [1.29, 1.82) is 0 Å². The first-order valence-electron chi connectivity index (χ1n) is 4.44. The molecule has 0 radical (unpaired) electrons. The zero-order valence-electron chi connectivity index (χ0n) is 8.64. The number of aryl methyl sites for hydroxylation is 2. The highest BCUT2D eigenvalue weighted by Crippen LogP contribution is 2.32. The highest BCUT2D eigenvalue weighted by Gasteiger charge is 2.35. The van der Waals surface area contributed by atoms with E-state index in [-0.39, 0.29) is 0 Å². The van der Waals surface area contributed by atoms with Gasteiger partial charge in [0.15, 0.2) is 0 Å². The van der Waals surface area contributed by atoms with Crippen LogP contribution in [-0.4, -0.2) is 19.4 Å². The van der Waals surface area contributed by atoms with Crippen LogP contribution in [0.1, 0.15) is 28.7 Å². The molecule has 0 spiro atoms. The van der Waals surface area contributed by atoms with Crippen LogP contribution in [0.25, 0.3) is 0 Å². The van der Waals surface area contributed by atoms with Crippen molar-refractivity contribution in [2.24, 2.45) is 0 Å². The molecule has 6 heteroatoms. The predicted octanol–water partition coefficient (Wildman–Crippen LogP) is 3.07. The molecule has 0 bridgehead atoms. The van der Waals surface area contributed by atoms with Gasteiger partial charge in [0.25, 0.3) is 3.79 Å². The SMILES string of the molecule is CCn1nc(C)c(C(=O)C(Cl)(Cl)Cl)c1C. The van der Waals surface area contributed by atoms with Gasteiger partial charge in [0.2, 0.25) is 5.78 Å². The van der Waals surface area contributed by atoms with Crippen LogP contribution >= 0.6 is 34.8 Å². The van der Waals surface area contributed by atoms with Gasteiger partial charge >= 0.3 is 0 Å². The highest BCUT2D eigenvalue weighted by atomic mass is 35.6. The summed E-state index contributed by atoms with van der Waals surface area (Å²) in [6.07, 6.45) is 0. The molecule has 15 heavy (non-hydrogen) atoms. The Morgan fingerprint density at radius 1 is 1.40 bits per heavy atom. The number of halogens is 3. The number of carbonyl (C=O) groups is 1. The first kappa shape index (κ1) is 12.8. The van der Waals surface area contributed by atoms with Gasteiger partial charge in [0.05, 0.1) is 11.3 Å². The zero-order valence-corrected chi connectivity index (χ0v) is 10.9. The van der Waals surface area contributed by atoms with Gasteiger partial charge in [-0.3, -0.25) is 9.48 Å². The minimum Gasteiger partial charge on any atom is -0.289 e. The van der Waals surface area contributed by atoms with Crippen molar-refractivity contribution in [2.75, 3.05) is 0 Å². The van der Waals surface area contributed by atoms with Gasteiger partial charge in [-0.2, -0.15) is 5.10 Å². The van der Waals surface area contributed by atoms with E-state index < -0.39 is 9.58 Å². The maximum Gasteiger partial charge on any atom is 0.253 e. The summed E-state index contributed by atoms with van der Waals surface area (Å²) in [5, 5.41) is 4.18. The summed E-state index contributed by atoms with van der Waals surface area (Å²) in [5.41, 5.74) is 1.72. The molecule has 1 heterocycles. The number of rotatable bonds is 2. The maximum atomic E-state index is 11.8. The number of ketones is 1. The molecule has 0 aliphatic rings. The molecule has 0 saturated carbocycles. The average Bonchev–Trinajstić information content (AvgIpc) is 2.39. The minimum absolute atomic E-state index is 0.400. The molecule has 0 amide bonds. The standard InChI is InChI=1S/C9H11Cl3N2O/c1-4-14-6(3)7(5(2)13-14)8(15)9(10,11)12/h4H2,1-3H3. The first-order chi connectivity index (χ1) is 6.79. The lowest BCUT2D eigenvalue weighted by Crippen LogP contribution is -2.20. The van der Waals surface area contributed by atoms with Crippen molar-refractivity contribution in [2.45, 2.75) is 31.1 Å². The van der Waals surface area contributed by atoms with Crippen molar-refractivity contribution in [1.82, 2.24) is 9.78 Å². The van der Waals surface area contributed by atoms with Crippen molar-refractivity contribution in [3.63, 3.8) is 0 Å². The second-order valence-corrected chi connectivity index (χ2v) is 5.47. The Bertz CT molecular complexity index is 393. The Balaban J connectivity index is 3.26. The van der Waals surface area contributed by atoms with Gasteiger partial charge < -0.3 is 0 Å². The molecule has 0 unspecified atom stereocenters. The Morgan fingerprint density at radius 3 is 2.27 bits per heavy atom. The van der Waals surface area contributed by atoms with E-state index in [0.717, 1.165) is 5.69 Å². The smallest absolute Gasteiger partial charge is 0.253 e. The van der Waals surface area contributed by atoms with Crippen LogP contribution < -0.4 is 0 Å². The summed E-state index contributed by atoms with van der Waals surface area (Å²) in [6, 6.07) is 0. The molecule has 0 aromatic carbocycles. The molecular weight excluding hydrogens is 258 g/mol. The van der Waals surface area contributed by atoms with E-state index in [1.165, 1.54) is 0 Å². The van der Waals surface area contributed by atoms with Crippen molar-refractivity contribution < 1.29 is 4.79 Å². The Morgan fingerprint density at radius 2 is 1.93 bits per heavy atom. The number of aromatic nitrogens is 2. The predicted molar refractivity (Wildman–Crippen MR) is 62.0 cm³/mol. The number of hydrogen-bond acceptors (Lipinski definition) is 2. The van der Waals surface area contributed by atoms with Crippen LogP contribution in [0, 0.1) is 13.8 Å². The number of carbonyl (C=O) groups excluding carboxylic acids is 1. The molecular formula is C9H11Cl3N2O. The van der Waals surface area contributed by atoms with Crippen LogP contribution in [0.5, 0.6) is 0 Å². The lowest BCUT2D eigenvalue weighted by molar-refractivity contribution is 0.0995. The normalized spacial score (nSPS) is 11.9. The summed E-state index contributed by atoms with van der Waals surface area (Å²) in [5.74, 6) is -0.526. The Labute approximate surface area is 103 Å². The van der Waals surface area contributed by atoms with E-state index in [4.69, 9.17) is 34.8 Å². The molecule has 84 valence electrons. The zero-order chi connectivity index (χ0) is 11.8. The molecule has 1 rings (SSSR count). The summed E-state index contributed by atoms with van der Waals surface area (Å²) in [4.78, 5) is 11.8. The second kappa shape index (κ2) is 4.32. The van der Waals surface area contributed by atoms with Gasteiger partial charge in [0.1, 0.15) is 0 Å². The van der Waals surface area contributed by atoms with Gasteiger partial charge in [0, 0.05) is 12.2 Å². The van der Waals surface area contributed by atoms with E-state index in [1.54, 1.807) is 18.5 Å². The third kappa shape index (κ3) is 2.47.